The minimum Gasteiger partial charge on any atom is -0.449 e. The molecular formula is C16H22N2O7S2. The van der Waals surface area contributed by atoms with E-state index in [1.165, 1.54) is 43.1 Å². The molecule has 1 fully saturated rings. The summed E-state index contributed by atoms with van der Waals surface area (Å²) in [5, 5.41) is 0. The molecule has 1 aliphatic rings. The van der Waals surface area contributed by atoms with Gasteiger partial charge in [-0.25, -0.2) is 21.6 Å². The van der Waals surface area contributed by atoms with Crippen LogP contribution in [0.15, 0.2) is 24.3 Å². The van der Waals surface area contributed by atoms with Gasteiger partial charge in [0, 0.05) is 18.8 Å². The molecular weight excluding hydrogens is 396 g/mol. The molecule has 11 heteroatoms. The molecule has 150 valence electrons. The highest BCUT2D eigenvalue weighted by Crippen LogP contribution is 2.18. The van der Waals surface area contributed by atoms with Crippen molar-refractivity contribution in [1.82, 2.24) is 4.90 Å². The van der Waals surface area contributed by atoms with E-state index < -0.39 is 43.9 Å². The van der Waals surface area contributed by atoms with Crippen molar-refractivity contribution in [2.75, 3.05) is 29.5 Å². The van der Waals surface area contributed by atoms with Crippen LogP contribution in [0.4, 0.5) is 5.69 Å². The third kappa shape index (κ3) is 5.93. The molecule has 2 unspecified atom stereocenters. The molecule has 0 radical (unpaired) electrons. The number of esters is 1. The number of anilines is 1. The maximum absolute atomic E-state index is 12.4. The van der Waals surface area contributed by atoms with Crippen molar-refractivity contribution >= 4 is 37.4 Å². The molecule has 27 heavy (non-hydrogen) atoms. The third-order valence-electron chi connectivity index (χ3n) is 4.14. The Morgan fingerprint density at radius 3 is 2.56 bits per heavy atom. The van der Waals surface area contributed by atoms with E-state index in [1.54, 1.807) is 0 Å². The first-order chi connectivity index (χ1) is 12.4. The molecule has 1 aromatic carbocycles. The Kier molecular flexibility index (Phi) is 6.15. The highest BCUT2D eigenvalue weighted by atomic mass is 32.2. The fourth-order valence-corrected chi connectivity index (χ4v) is 5.08. The average Bonchev–Trinajstić information content (AvgIpc) is 2.92. The van der Waals surface area contributed by atoms with Crippen LogP contribution in [0.25, 0.3) is 0 Å². The van der Waals surface area contributed by atoms with Crippen molar-refractivity contribution in [1.29, 1.82) is 0 Å². The van der Waals surface area contributed by atoms with Crippen molar-refractivity contribution in [2.45, 2.75) is 25.5 Å². The quantitative estimate of drug-likeness (QED) is 0.656. The van der Waals surface area contributed by atoms with Gasteiger partial charge in [0.2, 0.25) is 10.0 Å². The Hall–Kier alpha value is -2.14. The highest BCUT2D eigenvalue weighted by Gasteiger charge is 2.35. The number of sulfonamides is 1. The standard InChI is InChI=1S/C16H22N2O7S2/c1-11(15(19)18(2)14-7-8-27(23,24)10-14)25-16(20)12-5-4-6-13(9-12)17-26(3,21)22/h4-6,9,11,14,17H,7-8,10H2,1-3H3. The Bertz CT molecular complexity index is 941. The molecule has 0 aromatic heterocycles. The van der Waals surface area contributed by atoms with Crippen LogP contribution in [0.2, 0.25) is 0 Å². The fraction of sp³-hybridized carbons (Fsp3) is 0.500. The van der Waals surface area contributed by atoms with E-state index in [0.717, 1.165) is 6.26 Å². The van der Waals surface area contributed by atoms with Gasteiger partial charge >= 0.3 is 5.97 Å². The first-order valence-corrected chi connectivity index (χ1v) is 11.9. The van der Waals surface area contributed by atoms with Gasteiger partial charge in [-0.05, 0) is 31.5 Å². The van der Waals surface area contributed by atoms with Gasteiger partial charge in [0.15, 0.2) is 15.9 Å². The summed E-state index contributed by atoms with van der Waals surface area (Å²) < 4.78 is 53.1. The van der Waals surface area contributed by atoms with E-state index in [2.05, 4.69) is 4.72 Å². The Labute approximate surface area is 158 Å². The number of hydrogen-bond donors (Lipinski definition) is 1. The molecule has 0 saturated carbocycles. The van der Waals surface area contributed by atoms with Crippen molar-refractivity contribution in [3.8, 4) is 0 Å². The predicted octanol–water partition coefficient (Wildman–Crippen LogP) is 0.249. The van der Waals surface area contributed by atoms with Crippen LogP contribution in [0.5, 0.6) is 0 Å². The molecule has 1 aromatic rings. The first-order valence-electron chi connectivity index (χ1n) is 8.14. The number of carbonyl (C=O) groups excluding carboxylic acids is 2. The summed E-state index contributed by atoms with van der Waals surface area (Å²) in [5.74, 6) is -1.37. The van der Waals surface area contributed by atoms with Crippen molar-refractivity contribution in [3.63, 3.8) is 0 Å². The van der Waals surface area contributed by atoms with Gasteiger partial charge in [-0.3, -0.25) is 9.52 Å². The lowest BCUT2D eigenvalue weighted by Crippen LogP contribution is -2.44. The minimum absolute atomic E-state index is 0.0313. The number of hydrogen-bond acceptors (Lipinski definition) is 7. The summed E-state index contributed by atoms with van der Waals surface area (Å²) in [6.07, 6.45) is 0.222. The molecule has 1 N–H and O–H groups in total. The number of amides is 1. The SMILES string of the molecule is CC(OC(=O)c1cccc(NS(C)(=O)=O)c1)C(=O)N(C)C1CCS(=O)(=O)C1. The van der Waals surface area contributed by atoms with Crippen LogP contribution in [0.3, 0.4) is 0 Å². The molecule has 9 nitrogen and oxygen atoms in total. The summed E-state index contributed by atoms with van der Waals surface area (Å²) in [6.45, 7) is 1.40. The normalized spacial score (nSPS) is 19.9. The molecule has 0 spiro atoms. The van der Waals surface area contributed by atoms with E-state index in [4.69, 9.17) is 4.74 Å². The van der Waals surface area contributed by atoms with Gasteiger partial charge < -0.3 is 9.64 Å². The Morgan fingerprint density at radius 2 is 2.00 bits per heavy atom. The van der Waals surface area contributed by atoms with Gasteiger partial charge in [0.25, 0.3) is 5.91 Å². The van der Waals surface area contributed by atoms with Crippen LogP contribution in [0.1, 0.15) is 23.7 Å². The lowest BCUT2D eigenvalue weighted by atomic mass is 10.2. The lowest BCUT2D eigenvalue weighted by molar-refractivity contribution is -0.140. The number of carbonyl (C=O) groups is 2. The van der Waals surface area contributed by atoms with E-state index >= 15 is 0 Å². The zero-order chi connectivity index (χ0) is 20.4. The largest absolute Gasteiger partial charge is 0.449 e. The second kappa shape index (κ2) is 7.85. The number of sulfone groups is 1. The molecule has 0 bridgehead atoms. The van der Waals surface area contributed by atoms with E-state index in [9.17, 15) is 26.4 Å². The van der Waals surface area contributed by atoms with E-state index in [0.29, 0.717) is 6.42 Å². The summed E-state index contributed by atoms with van der Waals surface area (Å²) in [6, 6.07) is 5.24. The summed E-state index contributed by atoms with van der Waals surface area (Å²) in [7, 11) is -5.16. The van der Waals surface area contributed by atoms with Gasteiger partial charge in [-0.1, -0.05) is 6.07 Å². The van der Waals surface area contributed by atoms with Crippen LogP contribution >= 0.6 is 0 Å². The van der Waals surface area contributed by atoms with Crippen LogP contribution in [-0.2, 0) is 29.4 Å². The minimum atomic E-state index is -3.50. The lowest BCUT2D eigenvalue weighted by Gasteiger charge is -2.26. The molecule has 0 aliphatic carbocycles. The number of rotatable bonds is 6. The maximum Gasteiger partial charge on any atom is 0.338 e. The number of likely N-dealkylation sites (N-methyl/N-ethyl adjacent to an activating group) is 1. The Morgan fingerprint density at radius 1 is 1.33 bits per heavy atom. The third-order valence-corrected chi connectivity index (χ3v) is 6.49. The topological polar surface area (TPSA) is 127 Å². The predicted molar refractivity (Wildman–Crippen MR) is 99.6 cm³/mol. The van der Waals surface area contributed by atoms with E-state index in [1.807, 2.05) is 0 Å². The number of nitrogens with zero attached hydrogens (tertiary/aromatic N) is 1. The van der Waals surface area contributed by atoms with Crippen molar-refractivity contribution in [2.24, 2.45) is 0 Å². The second-order valence-corrected chi connectivity index (χ2v) is 10.5. The zero-order valence-corrected chi connectivity index (χ0v) is 16.8. The monoisotopic (exact) mass is 418 g/mol. The van der Waals surface area contributed by atoms with Crippen LogP contribution in [0, 0.1) is 0 Å². The van der Waals surface area contributed by atoms with Crippen LogP contribution in [-0.4, -0.2) is 70.6 Å². The molecule has 1 saturated heterocycles. The van der Waals surface area contributed by atoms with Gasteiger partial charge in [0.1, 0.15) is 0 Å². The smallest absolute Gasteiger partial charge is 0.338 e. The highest BCUT2D eigenvalue weighted by molar-refractivity contribution is 7.92. The van der Waals surface area contributed by atoms with Crippen molar-refractivity contribution < 1.29 is 31.2 Å². The maximum atomic E-state index is 12.4. The molecule has 1 aliphatic heterocycles. The average molecular weight is 418 g/mol. The summed E-state index contributed by atoms with van der Waals surface area (Å²) in [4.78, 5) is 26.0. The number of benzene rings is 1. The Balaban J connectivity index is 2.02. The summed E-state index contributed by atoms with van der Waals surface area (Å²) in [5.41, 5.74) is 0.272. The molecule has 1 amide bonds. The second-order valence-electron chi connectivity index (χ2n) is 6.51. The van der Waals surface area contributed by atoms with Gasteiger partial charge in [-0.2, -0.15) is 0 Å². The fourth-order valence-electron chi connectivity index (χ4n) is 2.75. The number of ether oxygens (including phenoxy) is 1. The zero-order valence-electron chi connectivity index (χ0n) is 15.2. The van der Waals surface area contributed by atoms with Crippen LogP contribution < -0.4 is 4.72 Å². The summed E-state index contributed by atoms with van der Waals surface area (Å²) >= 11 is 0. The van der Waals surface area contributed by atoms with Gasteiger partial charge in [0.05, 0.1) is 23.3 Å². The first kappa shape index (κ1) is 21.2. The molecule has 2 rings (SSSR count). The van der Waals surface area contributed by atoms with Crippen molar-refractivity contribution in [3.05, 3.63) is 29.8 Å². The number of nitrogens with one attached hydrogen (secondary N) is 1. The van der Waals surface area contributed by atoms with Gasteiger partial charge in [-0.15, -0.1) is 0 Å². The molecule has 2 atom stereocenters. The molecule has 1 heterocycles. The van der Waals surface area contributed by atoms with E-state index in [-0.39, 0.29) is 22.8 Å².